The molecule has 8 heteroatoms. The highest BCUT2D eigenvalue weighted by molar-refractivity contribution is 7.09. The van der Waals surface area contributed by atoms with E-state index < -0.39 is 6.10 Å². The van der Waals surface area contributed by atoms with Crippen LogP contribution in [-0.4, -0.2) is 58.9 Å². The summed E-state index contributed by atoms with van der Waals surface area (Å²) in [7, 11) is 0. The molecular formula is C21H26FN3O3S. The Labute approximate surface area is 174 Å². The predicted octanol–water partition coefficient (Wildman–Crippen LogP) is 3.12. The number of aryl methyl sites for hydroxylation is 1. The van der Waals surface area contributed by atoms with E-state index in [2.05, 4.69) is 4.98 Å². The fourth-order valence-corrected chi connectivity index (χ4v) is 3.89. The van der Waals surface area contributed by atoms with Crippen molar-refractivity contribution in [3.8, 4) is 0 Å². The van der Waals surface area contributed by atoms with Gasteiger partial charge in [-0.1, -0.05) is 32.0 Å². The third-order valence-electron chi connectivity index (χ3n) is 4.67. The molecule has 1 aromatic carbocycles. The molecule has 1 fully saturated rings. The molecule has 0 saturated carbocycles. The number of benzene rings is 1. The summed E-state index contributed by atoms with van der Waals surface area (Å²) < 4.78 is 19.9. The number of hydrogen-bond donors (Lipinski definition) is 0. The topological polar surface area (TPSA) is 62.7 Å². The number of rotatable bonds is 6. The van der Waals surface area contributed by atoms with E-state index in [4.69, 9.17) is 4.74 Å². The second-order valence-corrected chi connectivity index (χ2v) is 8.72. The van der Waals surface area contributed by atoms with Crippen LogP contribution in [0.15, 0.2) is 29.6 Å². The van der Waals surface area contributed by atoms with Gasteiger partial charge in [0.25, 0.3) is 5.91 Å². The number of nitrogens with zero attached hydrogens (tertiary/aromatic N) is 3. The van der Waals surface area contributed by atoms with E-state index in [1.165, 1.54) is 22.3 Å². The quantitative estimate of drug-likeness (QED) is 0.722. The van der Waals surface area contributed by atoms with E-state index in [9.17, 15) is 14.0 Å². The summed E-state index contributed by atoms with van der Waals surface area (Å²) in [6.07, 6.45) is -0.413. The Hall–Kier alpha value is -2.32. The van der Waals surface area contributed by atoms with E-state index in [1.807, 2.05) is 20.8 Å². The molecule has 1 aliphatic rings. The lowest BCUT2D eigenvalue weighted by Gasteiger charge is -2.26. The maximum absolute atomic E-state index is 13.9. The molecule has 2 aromatic rings. The maximum atomic E-state index is 13.9. The molecule has 1 unspecified atom stereocenters. The van der Waals surface area contributed by atoms with Crippen molar-refractivity contribution in [3.63, 3.8) is 0 Å². The Morgan fingerprint density at radius 2 is 2.10 bits per heavy atom. The van der Waals surface area contributed by atoms with Crippen LogP contribution in [0.1, 0.15) is 34.9 Å². The van der Waals surface area contributed by atoms with Crippen LogP contribution in [0.4, 0.5) is 4.39 Å². The van der Waals surface area contributed by atoms with Crippen LogP contribution < -0.4 is 0 Å². The maximum Gasteiger partial charge on any atom is 0.273 e. The van der Waals surface area contributed by atoms with Crippen molar-refractivity contribution in [2.45, 2.75) is 33.5 Å². The molecule has 2 amide bonds. The van der Waals surface area contributed by atoms with Crippen molar-refractivity contribution in [3.05, 3.63) is 51.7 Å². The highest BCUT2D eigenvalue weighted by Gasteiger charge is 2.32. The number of hydrogen-bond acceptors (Lipinski definition) is 5. The molecule has 2 heterocycles. The van der Waals surface area contributed by atoms with Gasteiger partial charge in [0.1, 0.15) is 18.1 Å². The Bertz CT molecular complexity index is 870. The lowest BCUT2D eigenvalue weighted by atomic mass is 10.2. The van der Waals surface area contributed by atoms with Crippen LogP contribution in [0, 0.1) is 18.7 Å². The molecule has 156 valence electrons. The Balaban J connectivity index is 1.77. The van der Waals surface area contributed by atoms with Gasteiger partial charge in [0, 0.05) is 30.6 Å². The Morgan fingerprint density at radius 3 is 2.76 bits per heavy atom. The number of aromatic nitrogens is 1. The van der Waals surface area contributed by atoms with Crippen molar-refractivity contribution in [2.75, 3.05) is 26.2 Å². The van der Waals surface area contributed by atoms with E-state index in [0.29, 0.717) is 24.3 Å². The molecule has 0 radical (unpaired) electrons. The van der Waals surface area contributed by atoms with Crippen LogP contribution in [-0.2, 0) is 16.1 Å². The van der Waals surface area contributed by atoms with Gasteiger partial charge in [0.15, 0.2) is 0 Å². The third kappa shape index (κ3) is 5.61. The second kappa shape index (κ2) is 9.45. The molecular weight excluding hydrogens is 393 g/mol. The minimum Gasteiger partial charge on any atom is -0.370 e. The van der Waals surface area contributed by atoms with Gasteiger partial charge in [-0.05, 0) is 18.9 Å². The van der Waals surface area contributed by atoms with Crippen molar-refractivity contribution in [2.24, 2.45) is 5.92 Å². The van der Waals surface area contributed by atoms with Gasteiger partial charge < -0.3 is 14.5 Å². The highest BCUT2D eigenvalue weighted by atomic mass is 32.1. The first-order valence-electron chi connectivity index (χ1n) is 9.67. The normalized spacial score (nSPS) is 17.7. The molecule has 1 aliphatic heterocycles. The van der Waals surface area contributed by atoms with Gasteiger partial charge in [-0.15, -0.1) is 11.3 Å². The molecule has 6 nitrogen and oxygen atoms in total. The molecule has 1 saturated heterocycles. The highest BCUT2D eigenvalue weighted by Crippen LogP contribution is 2.17. The summed E-state index contributed by atoms with van der Waals surface area (Å²) in [4.78, 5) is 33.1. The summed E-state index contributed by atoms with van der Waals surface area (Å²) in [5.41, 5.74) is 0.789. The number of amides is 2. The van der Waals surface area contributed by atoms with E-state index >= 15 is 0 Å². The second-order valence-electron chi connectivity index (χ2n) is 7.65. The first-order chi connectivity index (χ1) is 13.8. The number of halogens is 1. The zero-order chi connectivity index (χ0) is 21.0. The molecule has 3 rings (SSSR count). The fraction of sp³-hybridized carbons (Fsp3) is 0.476. The summed E-state index contributed by atoms with van der Waals surface area (Å²) in [6.45, 7) is 7.18. The number of ether oxygens (including phenoxy) is 1. The monoisotopic (exact) mass is 419 g/mol. The Kier molecular flexibility index (Phi) is 6.97. The zero-order valence-corrected chi connectivity index (χ0v) is 17.7. The lowest BCUT2D eigenvalue weighted by Crippen LogP contribution is -2.40. The van der Waals surface area contributed by atoms with Crippen LogP contribution >= 0.6 is 11.3 Å². The predicted molar refractivity (Wildman–Crippen MR) is 109 cm³/mol. The van der Waals surface area contributed by atoms with Gasteiger partial charge in [-0.3, -0.25) is 9.59 Å². The number of thiazole rings is 1. The summed E-state index contributed by atoms with van der Waals surface area (Å²) in [6, 6.07) is 6.44. The van der Waals surface area contributed by atoms with Crippen LogP contribution in [0.3, 0.4) is 0 Å². The number of carbonyl (C=O) groups is 2. The molecule has 0 bridgehead atoms. The van der Waals surface area contributed by atoms with E-state index in [0.717, 1.165) is 5.01 Å². The zero-order valence-electron chi connectivity index (χ0n) is 16.9. The minimum absolute atomic E-state index is 0.0122. The molecule has 0 N–H and O–H groups in total. The summed E-state index contributed by atoms with van der Waals surface area (Å²) in [5.74, 6) is -0.443. The van der Waals surface area contributed by atoms with Crippen LogP contribution in [0.5, 0.6) is 0 Å². The molecule has 1 aromatic heterocycles. The van der Waals surface area contributed by atoms with Crippen molar-refractivity contribution in [1.82, 2.24) is 14.8 Å². The first kappa shape index (κ1) is 21.4. The third-order valence-corrected chi connectivity index (χ3v) is 5.44. The average Bonchev–Trinajstić information content (AvgIpc) is 3.04. The first-order valence-corrected chi connectivity index (χ1v) is 10.6. The van der Waals surface area contributed by atoms with Crippen molar-refractivity contribution >= 4 is 23.2 Å². The average molecular weight is 420 g/mol. The van der Waals surface area contributed by atoms with Gasteiger partial charge in [-0.2, -0.15) is 0 Å². The molecule has 1 atom stereocenters. The summed E-state index contributed by atoms with van der Waals surface area (Å²) in [5, 5.41) is 2.50. The summed E-state index contributed by atoms with van der Waals surface area (Å²) >= 11 is 1.39. The standard InChI is InChI=1S/C21H26FN3O3S/c1-14(2)8-24-9-17(28-12-16-6-4-5-7-18(16)22)10-25(11-20(24)26)21(27)19-13-29-15(3)23-19/h4-7,13-14,17H,8-12H2,1-3H3. The van der Waals surface area contributed by atoms with Crippen LogP contribution in [0.25, 0.3) is 0 Å². The SMILES string of the molecule is Cc1nc(C(=O)N2CC(=O)N(CC(C)C)CC(OCc3ccccc3F)C2)cs1. The lowest BCUT2D eigenvalue weighted by molar-refractivity contribution is -0.132. The smallest absolute Gasteiger partial charge is 0.273 e. The van der Waals surface area contributed by atoms with Crippen molar-refractivity contribution < 1.29 is 18.7 Å². The van der Waals surface area contributed by atoms with E-state index in [1.54, 1.807) is 28.5 Å². The van der Waals surface area contributed by atoms with Crippen LogP contribution in [0.2, 0.25) is 0 Å². The number of carbonyl (C=O) groups excluding carboxylic acids is 2. The van der Waals surface area contributed by atoms with Gasteiger partial charge >= 0.3 is 0 Å². The van der Waals surface area contributed by atoms with Gasteiger partial charge in [-0.25, -0.2) is 9.37 Å². The Morgan fingerprint density at radius 1 is 1.34 bits per heavy atom. The fourth-order valence-electron chi connectivity index (χ4n) is 3.30. The molecule has 0 spiro atoms. The van der Waals surface area contributed by atoms with Gasteiger partial charge in [0.05, 0.1) is 17.7 Å². The molecule has 29 heavy (non-hydrogen) atoms. The van der Waals surface area contributed by atoms with E-state index in [-0.39, 0.29) is 43.2 Å². The molecule has 0 aliphatic carbocycles. The minimum atomic E-state index is -0.413. The van der Waals surface area contributed by atoms with Gasteiger partial charge in [0.2, 0.25) is 5.91 Å². The van der Waals surface area contributed by atoms with Crippen molar-refractivity contribution in [1.29, 1.82) is 0 Å². The largest absolute Gasteiger partial charge is 0.370 e.